The number of likely N-dealkylation sites (N-methyl/N-ethyl adjacent to an activating group) is 1. The smallest absolute Gasteiger partial charge is 0.239 e. The summed E-state index contributed by atoms with van der Waals surface area (Å²) in [6, 6.07) is 1.73. The third-order valence-corrected chi connectivity index (χ3v) is 3.92. The number of aryl methyl sites for hydroxylation is 1. The Hall–Kier alpha value is -0.870. The van der Waals surface area contributed by atoms with Gasteiger partial charge in [0.25, 0.3) is 0 Å². The van der Waals surface area contributed by atoms with Crippen LogP contribution >= 0.6 is 11.3 Å². The Morgan fingerprint density at radius 2 is 2.29 bits per heavy atom. The minimum Gasteiger partial charge on any atom is -0.339 e. The van der Waals surface area contributed by atoms with E-state index in [4.69, 9.17) is 5.73 Å². The molecule has 0 saturated heterocycles. The van der Waals surface area contributed by atoms with Gasteiger partial charge >= 0.3 is 0 Å². The first-order chi connectivity index (χ1) is 8.06. The molecule has 0 spiro atoms. The Kier molecular flexibility index (Phi) is 5.65. The molecule has 0 aromatic carbocycles. The standard InChI is InChI=1S/C13H22N2OS/c1-4-5-6-11(14)13(16)15(3)9-12-10(2)7-8-17-12/h7-8,11H,4-6,9,14H2,1-3H3/t11-/m0/s1. The fourth-order valence-electron chi connectivity index (χ4n) is 1.69. The van der Waals surface area contributed by atoms with E-state index in [0.717, 1.165) is 19.3 Å². The molecule has 0 saturated carbocycles. The van der Waals surface area contributed by atoms with Crippen molar-refractivity contribution >= 4 is 17.2 Å². The number of nitrogens with zero attached hydrogens (tertiary/aromatic N) is 1. The molecule has 0 radical (unpaired) electrons. The van der Waals surface area contributed by atoms with Gasteiger partial charge in [-0.25, -0.2) is 0 Å². The zero-order chi connectivity index (χ0) is 12.8. The molecule has 0 bridgehead atoms. The largest absolute Gasteiger partial charge is 0.339 e. The van der Waals surface area contributed by atoms with Crippen LogP contribution in [0.15, 0.2) is 11.4 Å². The molecule has 4 heteroatoms. The molecular weight excluding hydrogens is 232 g/mol. The monoisotopic (exact) mass is 254 g/mol. The van der Waals surface area contributed by atoms with Crippen LogP contribution in [0.2, 0.25) is 0 Å². The number of carbonyl (C=O) groups is 1. The van der Waals surface area contributed by atoms with Crippen molar-refractivity contribution in [2.75, 3.05) is 7.05 Å². The van der Waals surface area contributed by atoms with Crippen LogP contribution in [-0.4, -0.2) is 23.9 Å². The maximum Gasteiger partial charge on any atom is 0.239 e. The maximum atomic E-state index is 12.0. The summed E-state index contributed by atoms with van der Waals surface area (Å²) in [5.41, 5.74) is 7.13. The van der Waals surface area contributed by atoms with Crippen LogP contribution in [0, 0.1) is 6.92 Å². The fraction of sp³-hybridized carbons (Fsp3) is 0.615. The topological polar surface area (TPSA) is 46.3 Å². The van der Waals surface area contributed by atoms with E-state index in [-0.39, 0.29) is 11.9 Å². The highest BCUT2D eigenvalue weighted by molar-refractivity contribution is 7.10. The lowest BCUT2D eigenvalue weighted by Crippen LogP contribution is -2.41. The molecule has 17 heavy (non-hydrogen) atoms. The highest BCUT2D eigenvalue weighted by Gasteiger charge is 2.18. The second-order valence-electron chi connectivity index (χ2n) is 4.47. The maximum absolute atomic E-state index is 12.0. The normalized spacial score (nSPS) is 12.5. The van der Waals surface area contributed by atoms with Gasteiger partial charge in [-0.15, -0.1) is 11.3 Å². The lowest BCUT2D eigenvalue weighted by Gasteiger charge is -2.21. The average molecular weight is 254 g/mol. The van der Waals surface area contributed by atoms with Crippen LogP contribution < -0.4 is 5.73 Å². The molecule has 1 aromatic rings. The van der Waals surface area contributed by atoms with Crippen molar-refractivity contribution in [3.05, 3.63) is 21.9 Å². The lowest BCUT2D eigenvalue weighted by molar-refractivity contribution is -0.131. The Morgan fingerprint density at radius 1 is 1.59 bits per heavy atom. The zero-order valence-electron chi connectivity index (χ0n) is 10.9. The molecule has 0 fully saturated rings. The van der Waals surface area contributed by atoms with E-state index < -0.39 is 0 Å². The van der Waals surface area contributed by atoms with Crippen LogP contribution in [0.25, 0.3) is 0 Å². The Balaban J connectivity index is 2.49. The van der Waals surface area contributed by atoms with Crippen molar-refractivity contribution in [1.82, 2.24) is 4.90 Å². The van der Waals surface area contributed by atoms with Gasteiger partial charge in [0.05, 0.1) is 12.6 Å². The molecule has 0 aliphatic heterocycles. The Bertz CT molecular complexity index is 362. The SMILES string of the molecule is CCCC[C@H](N)C(=O)N(C)Cc1sccc1C. The van der Waals surface area contributed by atoms with E-state index in [1.165, 1.54) is 10.4 Å². The molecule has 3 nitrogen and oxygen atoms in total. The second-order valence-corrected chi connectivity index (χ2v) is 5.47. The van der Waals surface area contributed by atoms with Crippen LogP contribution in [0.3, 0.4) is 0 Å². The second kappa shape index (κ2) is 6.77. The number of carbonyl (C=O) groups excluding carboxylic acids is 1. The van der Waals surface area contributed by atoms with Crippen molar-refractivity contribution < 1.29 is 4.79 Å². The first kappa shape index (κ1) is 14.2. The van der Waals surface area contributed by atoms with Gasteiger partial charge < -0.3 is 10.6 Å². The van der Waals surface area contributed by atoms with Gasteiger partial charge in [0.2, 0.25) is 5.91 Å². The van der Waals surface area contributed by atoms with E-state index in [2.05, 4.69) is 25.3 Å². The molecule has 0 aliphatic carbocycles. The van der Waals surface area contributed by atoms with Crippen molar-refractivity contribution in [3.8, 4) is 0 Å². The van der Waals surface area contributed by atoms with Gasteiger partial charge in [-0.05, 0) is 30.4 Å². The van der Waals surface area contributed by atoms with Crippen LogP contribution in [0.1, 0.15) is 36.6 Å². The molecule has 1 amide bonds. The van der Waals surface area contributed by atoms with E-state index in [9.17, 15) is 4.79 Å². The molecular formula is C13H22N2OS. The van der Waals surface area contributed by atoms with Gasteiger partial charge in [-0.3, -0.25) is 4.79 Å². The number of hydrogen-bond acceptors (Lipinski definition) is 3. The van der Waals surface area contributed by atoms with Gasteiger partial charge in [0.1, 0.15) is 0 Å². The highest BCUT2D eigenvalue weighted by atomic mass is 32.1. The Morgan fingerprint density at radius 3 is 2.82 bits per heavy atom. The number of unbranched alkanes of at least 4 members (excludes halogenated alkanes) is 1. The van der Waals surface area contributed by atoms with E-state index in [0.29, 0.717) is 6.54 Å². The first-order valence-corrected chi connectivity index (χ1v) is 6.97. The summed E-state index contributed by atoms with van der Waals surface area (Å²) in [6.07, 6.45) is 2.87. The summed E-state index contributed by atoms with van der Waals surface area (Å²) >= 11 is 1.69. The zero-order valence-corrected chi connectivity index (χ0v) is 11.7. The molecule has 1 rings (SSSR count). The number of amides is 1. The summed E-state index contributed by atoms with van der Waals surface area (Å²) < 4.78 is 0. The molecule has 1 atom stereocenters. The highest BCUT2D eigenvalue weighted by Crippen LogP contribution is 2.17. The summed E-state index contributed by atoms with van der Waals surface area (Å²) in [6.45, 7) is 4.85. The van der Waals surface area contributed by atoms with Crippen molar-refractivity contribution in [1.29, 1.82) is 0 Å². The molecule has 1 heterocycles. The third kappa shape index (κ3) is 4.13. The molecule has 96 valence electrons. The molecule has 0 aliphatic rings. The van der Waals surface area contributed by atoms with Gasteiger partial charge in [-0.1, -0.05) is 19.8 Å². The summed E-state index contributed by atoms with van der Waals surface area (Å²) in [4.78, 5) is 15.0. The van der Waals surface area contributed by atoms with Crippen LogP contribution in [0.5, 0.6) is 0 Å². The van der Waals surface area contributed by atoms with Crippen molar-refractivity contribution in [2.45, 2.75) is 45.7 Å². The summed E-state index contributed by atoms with van der Waals surface area (Å²) in [5.74, 6) is 0.0475. The minimum atomic E-state index is -0.347. The molecule has 0 unspecified atom stereocenters. The number of nitrogens with two attached hydrogens (primary N) is 1. The van der Waals surface area contributed by atoms with Crippen LogP contribution in [0.4, 0.5) is 0 Å². The number of rotatable bonds is 6. The lowest BCUT2D eigenvalue weighted by atomic mass is 10.1. The number of thiophene rings is 1. The Labute approximate surface area is 108 Å². The van der Waals surface area contributed by atoms with E-state index >= 15 is 0 Å². The quantitative estimate of drug-likeness (QED) is 0.848. The average Bonchev–Trinajstić information content (AvgIpc) is 2.70. The van der Waals surface area contributed by atoms with Crippen molar-refractivity contribution in [3.63, 3.8) is 0 Å². The summed E-state index contributed by atoms with van der Waals surface area (Å²) in [5, 5.41) is 2.06. The van der Waals surface area contributed by atoms with E-state index in [1.54, 1.807) is 16.2 Å². The molecule has 2 N–H and O–H groups in total. The fourth-order valence-corrected chi connectivity index (χ4v) is 2.65. The van der Waals surface area contributed by atoms with Gasteiger partial charge in [0.15, 0.2) is 0 Å². The van der Waals surface area contributed by atoms with E-state index in [1.807, 2.05) is 7.05 Å². The number of hydrogen-bond donors (Lipinski definition) is 1. The predicted molar refractivity (Wildman–Crippen MR) is 73.0 cm³/mol. The minimum absolute atomic E-state index is 0.0475. The van der Waals surface area contributed by atoms with Gasteiger partial charge in [0, 0.05) is 11.9 Å². The van der Waals surface area contributed by atoms with Crippen molar-refractivity contribution in [2.24, 2.45) is 5.73 Å². The van der Waals surface area contributed by atoms with Crippen LogP contribution in [-0.2, 0) is 11.3 Å². The van der Waals surface area contributed by atoms with Gasteiger partial charge in [-0.2, -0.15) is 0 Å². The molecule has 1 aromatic heterocycles. The third-order valence-electron chi connectivity index (χ3n) is 2.91. The first-order valence-electron chi connectivity index (χ1n) is 6.09. The predicted octanol–water partition coefficient (Wildman–Crippen LogP) is 2.53. The summed E-state index contributed by atoms with van der Waals surface area (Å²) in [7, 11) is 1.83.